The third-order valence-corrected chi connectivity index (χ3v) is 3.42. The molecule has 0 saturated carbocycles. The van der Waals surface area contributed by atoms with Crippen molar-refractivity contribution in [3.63, 3.8) is 0 Å². The van der Waals surface area contributed by atoms with Gasteiger partial charge in [0.2, 0.25) is 5.95 Å². The summed E-state index contributed by atoms with van der Waals surface area (Å²) in [7, 11) is 0. The van der Waals surface area contributed by atoms with E-state index in [1.165, 1.54) is 22.8 Å². The van der Waals surface area contributed by atoms with Gasteiger partial charge in [0.25, 0.3) is 0 Å². The highest BCUT2D eigenvalue weighted by Gasteiger charge is 2.17. The number of nitrogens with zero attached hydrogens (tertiary/aromatic N) is 2. The van der Waals surface area contributed by atoms with Crippen molar-refractivity contribution in [2.75, 3.05) is 5.73 Å². The zero-order valence-corrected chi connectivity index (χ0v) is 11.4. The van der Waals surface area contributed by atoms with E-state index in [-0.39, 0.29) is 21.7 Å². The highest BCUT2D eigenvalue weighted by atomic mass is 35.5. The van der Waals surface area contributed by atoms with Gasteiger partial charge >= 0.3 is 0 Å². The summed E-state index contributed by atoms with van der Waals surface area (Å²) < 4.78 is 28.0. The minimum atomic E-state index is -0.571. The summed E-state index contributed by atoms with van der Waals surface area (Å²) >= 11 is 12.0. The second-order valence-electron chi connectivity index (χ2n) is 4.16. The second kappa shape index (κ2) is 4.61. The van der Waals surface area contributed by atoms with E-state index in [2.05, 4.69) is 4.98 Å². The fourth-order valence-corrected chi connectivity index (χ4v) is 2.68. The number of nitrogens with two attached hydrogens (primary N) is 1. The Morgan fingerprint density at radius 1 is 1.00 bits per heavy atom. The highest BCUT2D eigenvalue weighted by Crippen LogP contribution is 2.34. The largest absolute Gasteiger partial charge is 0.369 e. The Morgan fingerprint density at radius 2 is 1.65 bits per heavy atom. The molecule has 2 N–H and O–H groups in total. The topological polar surface area (TPSA) is 43.8 Å². The van der Waals surface area contributed by atoms with Crippen molar-refractivity contribution in [2.45, 2.75) is 0 Å². The Morgan fingerprint density at radius 3 is 2.30 bits per heavy atom. The first-order valence-electron chi connectivity index (χ1n) is 5.56. The molecule has 1 aromatic heterocycles. The maximum absolute atomic E-state index is 13.4. The number of fused-ring (bicyclic) bond motifs is 1. The monoisotopic (exact) mass is 313 g/mol. The molecule has 7 heteroatoms. The lowest BCUT2D eigenvalue weighted by molar-refractivity contribution is 0.627. The summed E-state index contributed by atoms with van der Waals surface area (Å²) in [5.74, 6) is -0.938. The number of nitrogen functional groups attached to an aromatic ring is 1. The first kappa shape index (κ1) is 13.1. The standard InChI is InChI=1S/C13H7Cl2F2N3/c14-8-3-7(17)4-9(15)12(8)20-11-5-6(16)1-2-10(11)19-13(20)18/h1-5H,(H2,18,19). The number of rotatable bonds is 1. The van der Waals surface area contributed by atoms with Crippen molar-refractivity contribution in [2.24, 2.45) is 0 Å². The van der Waals surface area contributed by atoms with Crippen LogP contribution in [0.5, 0.6) is 0 Å². The molecule has 0 aliphatic heterocycles. The third kappa shape index (κ3) is 1.99. The number of anilines is 1. The molecule has 3 rings (SSSR count). The van der Waals surface area contributed by atoms with E-state index in [0.29, 0.717) is 11.0 Å². The number of benzene rings is 2. The van der Waals surface area contributed by atoms with Gasteiger partial charge in [0.05, 0.1) is 26.8 Å². The fraction of sp³-hybridized carbons (Fsp3) is 0. The maximum atomic E-state index is 13.4. The van der Waals surface area contributed by atoms with Crippen LogP contribution in [0.4, 0.5) is 14.7 Å². The molecular formula is C13H7Cl2F2N3. The minimum Gasteiger partial charge on any atom is -0.369 e. The Labute approximate surface area is 122 Å². The zero-order chi connectivity index (χ0) is 14.4. The van der Waals surface area contributed by atoms with Crippen molar-refractivity contribution < 1.29 is 8.78 Å². The normalized spacial score (nSPS) is 11.2. The SMILES string of the molecule is Nc1nc2ccc(F)cc2n1-c1c(Cl)cc(F)cc1Cl. The molecule has 1 heterocycles. The van der Waals surface area contributed by atoms with E-state index in [0.717, 1.165) is 12.1 Å². The predicted molar refractivity (Wildman–Crippen MR) is 75.4 cm³/mol. The van der Waals surface area contributed by atoms with Crippen molar-refractivity contribution in [3.05, 3.63) is 52.0 Å². The van der Waals surface area contributed by atoms with Crippen molar-refractivity contribution in [1.82, 2.24) is 9.55 Å². The molecule has 0 spiro atoms. The molecule has 0 bridgehead atoms. The van der Waals surface area contributed by atoms with Gasteiger partial charge in [-0.2, -0.15) is 0 Å². The number of imidazole rings is 1. The summed E-state index contributed by atoms with van der Waals surface area (Å²) in [6.07, 6.45) is 0. The quantitative estimate of drug-likeness (QED) is 0.732. The molecule has 102 valence electrons. The van der Waals surface area contributed by atoms with E-state index in [1.54, 1.807) is 0 Å². The molecule has 0 radical (unpaired) electrons. The molecule has 0 atom stereocenters. The molecule has 0 aliphatic carbocycles. The second-order valence-corrected chi connectivity index (χ2v) is 4.97. The summed E-state index contributed by atoms with van der Waals surface area (Å²) in [6.45, 7) is 0. The lowest BCUT2D eigenvalue weighted by Gasteiger charge is -2.11. The first-order valence-corrected chi connectivity index (χ1v) is 6.31. The third-order valence-electron chi connectivity index (χ3n) is 2.85. The van der Waals surface area contributed by atoms with E-state index in [1.807, 2.05) is 0 Å². The molecule has 0 aliphatic rings. The molecule has 2 aromatic carbocycles. The average molecular weight is 314 g/mol. The Kier molecular flexibility index (Phi) is 3.03. The van der Waals surface area contributed by atoms with Crippen LogP contribution in [0.1, 0.15) is 0 Å². The van der Waals surface area contributed by atoms with Gasteiger partial charge in [-0.05, 0) is 24.3 Å². The molecular weight excluding hydrogens is 307 g/mol. The van der Waals surface area contributed by atoms with Gasteiger partial charge in [0.1, 0.15) is 11.6 Å². The molecule has 20 heavy (non-hydrogen) atoms. The highest BCUT2D eigenvalue weighted by molar-refractivity contribution is 6.38. The maximum Gasteiger partial charge on any atom is 0.206 e. The van der Waals surface area contributed by atoms with Crippen LogP contribution in [0.3, 0.4) is 0 Å². The Bertz CT molecular complexity index is 807. The van der Waals surface area contributed by atoms with Gasteiger partial charge in [-0.1, -0.05) is 23.2 Å². The van der Waals surface area contributed by atoms with Gasteiger partial charge in [-0.3, -0.25) is 4.57 Å². The van der Waals surface area contributed by atoms with Crippen LogP contribution in [0, 0.1) is 11.6 Å². The van der Waals surface area contributed by atoms with Crippen LogP contribution in [-0.4, -0.2) is 9.55 Å². The van der Waals surface area contributed by atoms with Crippen LogP contribution in [0.25, 0.3) is 16.7 Å². The van der Waals surface area contributed by atoms with E-state index < -0.39 is 11.6 Å². The molecule has 3 nitrogen and oxygen atoms in total. The number of hydrogen-bond donors (Lipinski definition) is 1. The number of halogens is 4. The number of hydrogen-bond acceptors (Lipinski definition) is 2. The summed E-state index contributed by atoms with van der Waals surface area (Å²) in [5.41, 5.74) is 6.98. The number of aromatic nitrogens is 2. The van der Waals surface area contributed by atoms with Gasteiger partial charge in [0.15, 0.2) is 0 Å². The fourth-order valence-electron chi connectivity index (χ4n) is 2.05. The minimum absolute atomic E-state index is 0.0604. The van der Waals surface area contributed by atoms with Gasteiger partial charge < -0.3 is 5.73 Å². The van der Waals surface area contributed by atoms with Crippen molar-refractivity contribution in [3.8, 4) is 5.69 Å². The van der Waals surface area contributed by atoms with Gasteiger partial charge in [-0.25, -0.2) is 13.8 Å². The van der Waals surface area contributed by atoms with Gasteiger partial charge in [-0.15, -0.1) is 0 Å². The van der Waals surface area contributed by atoms with Crippen LogP contribution < -0.4 is 5.73 Å². The van der Waals surface area contributed by atoms with E-state index in [4.69, 9.17) is 28.9 Å². The molecule has 0 fully saturated rings. The van der Waals surface area contributed by atoms with Crippen LogP contribution in [-0.2, 0) is 0 Å². The Hall–Kier alpha value is -1.85. The summed E-state index contributed by atoms with van der Waals surface area (Å²) in [4.78, 5) is 4.10. The van der Waals surface area contributed by atoms with Gasteiger partial charge in [0, 0.05) is 6.07 Å². The predicted octanol–water partition coefficient (Wildman–Crippen LogP) is 4.19. The molecule has 0 unspecified atom stereocenters. The molecule has 0 saturated heterocycles. The molecule has 3 aromatic rings. The molecule has 0 amide bonds. The van der Waals surface area contributed by atoms with Crippen LogP contribution >= 0.6 is 23.2 Å². The lowest BCUT2D eigenvalue weighted by atomic mass is 10.2. The smallest absolute Gasteiger partial charge is 0.206 e. The van der Waals surface area contributed by atoms with Crippen molar-refractivity contribution >= 4 is 40.2 Å². The summed E-state index contributed by atoms with van der Waals surface area (Å²) in [6, 6.07) is 6.23. The van der Waals surface area contributed by atoms with Crippen LogP contribution in [0.2, 0.25) is 10.0 Å². The van der Waals surface area contributed by atoms with E-state index >= 15 is 0 Å². The summed E-state index contributed by atoms with van der Waals surface area (Å²) in [5, 5.41) is 0.121. The first-order chi connectivity index (χ1) is 9.47. The lowest BCUT2D eigenvalue weighted by Crippen LogP contribution is -2.02. The van der Waals surface area contributed by atoms with E-state index in [9.17, 15) is 8.78 Å². The van der Waals surface area contributed by atoms with Crippen LogP contribution in [0.15, 0.2) is 30.3 Å². The zero-order valence-electron chi connectivity index (χ0n) is 9.87. The Balaban J connectivity index is 2.40. The average Bonchev–Trinajstić information content (AvgIpc) is 2.65. The van der Waals surface area contributed by atoms with Crippen molar-refractivity contribution in [1.29, 1.82) is 0 Å².